The van der Waals surface area contributed by atoms with Crippen LogP contribution in [0.3, 0.4) is 0 Å². The third-order valence-corrected chi connectivity index (χ3v) is 5.68. The molecule has 2 aromatic rings. The lowest BCUT2D eigenvalue weighted by molar-refractivity contribution is 0.200. The Morgan fingerprint density at radius 2 is 1.39 bits per heavy atom. The first-order valence-electron chi connectivity index (χ1n) is 11.4. The zero-order chi connectivity index (χ0) is 24.2. The van der Waals surface area contributed by atoms with Gasteiger partial charge in [0.15, 0.2) is 23.0 Å². The van der Waals surface area contributed by atoms with Gasteiger partial charge in [-0.3, -0.25) is 4.90 Å². The number of benzene rings is 2. The van der Waals surface area contributed by atoms with Gasteiger partial charge in [-0.25, -0.2) is 0 Å². The van der Waals surface area contributed by atoms with Crippen LogP contribution in [0, 0.1) is 0 Å². The lowest BCUT2D eigenvalue weighted by Crippen LogP contribution is -2.37. The van der Waals surface area contributed by atoms with Crippen LogP contribution in [0.2, 0.25) is 0 Å². The molecule has 0 fully saturated rings. The third kappa shape index (κ3) is 8.30. The Hall–Kier alpha value is -2.70. The number of allylic oxidation sites excluding steroid dienone is 1. The molecule has 0 heterocycles. The van der Waals surface area contributed by atoms with Crippen LogP contribution in [0.25, 0.3) is 0 Å². The molecule has 6 nitrogen and oxygen atoms in total. The van der Waals surface area contributed by atoms with Crippen molar-refractivity contribution in [3.8, 4) is 23.0 Å². The molecule has 2 rings (SSSR count). The maximum Gasteiger partial charge on any atom is 0.161 e. The molecule has 1 N–H and O–H groups in total. The molecule has 0 saturated heterocycles. The van der Waals surface area contributed by atoms with E-state index < -0.39 is 0 Å². The van der Waals surface area contributed by atoms with Crippen molar-refractivity contribution in [1.82, 2.24) is 10.2 Å². The molecule has 0 saturated carbocycles. The van der Waals surface area contributed by atoms with Crippen LogP contribution < -0.4 is 24.3 Å². The summed E-state index contributed by atoms with van der Waals surface area (Å²) < 4.78 is 21.6. The van der Waals surface area contributed by atoms with E-state index in [0.29, 0.717) is 6.04 Å². The first-order valence-corrected chi connectivity index (χ1v) is 11.4. The zero-order valence-electron chi connectivity index (χ0n) is 21.2. The largest absolute Gasteiger partial charge is 0.493 e. The van der Waals surface area contributed by atoms with Gasteiger partial charge >= 0.3 is 0 Å². The Balaban J connectivity index is 2.03. The van der Waals surface area contributed by atoms with Gasteiger partial charge in [0.05, 0.1) is 28.4 Å². The van der Waals surface area contributed by atoms with Crippen molar-refractivity contribution in [2.45, 2.75) is 46.3 Å². The van der Waals surface area contributed by atoms with Gasteiger partial charge in [0.2, 0.25) is 0 Å². The fourth-order valence-electron chi connectivity index (χ4n) is 3.67. The summed E-state index contributed by atoms with van der Waals surface area (Å²) in [5, 5.41) is 3.57. The summed E-state index contributed by atoms with van der Waals surface area (Å²) in [4.78, 5) is 2.50. The van der Waals surface area contributed by atoms with E-state index in [0.717, 1.165) is 61.2 Å². The highest BCUT2D eigenvalue weighted by Crippen LogP contribution is 2.29. The minimum Gasteiger partial charge on any atom is -0.493 e. The fraction of sp³-hybridized carbons (Fsp3) is 0.481. The van der Waals surface area contributed by atoms with Crippen LogP contribution in [-0.4, -0.2) is 52.5 Å². The van der Waals surface area contributed by atoms with Gasteiger partial charge in [-0.2, -0.15) is 0 Å². The molecular formula is C27H40N2O4. The molecule has 1 atom stereocenters. The number of hydrogen-bond acceptors (Lipinski definition) is 6. The van der Waals surface area contributed by atoms with Crippen molar-refractivity contribution >= 4 is 0 Å². The smallest absolute Gasteiger partial charge is 0.161 e. The van der Waals surface area contributed by atoms with E-state index in [1.54, 1.807) is 28.4 Å². The number of nitrogens with zero attached hydrogens (tertiary/aromatic N) is 1. The second-order valence-corrected chi connectivity index (χ2v) is 8.39. The quantitative estimate of drug-likeness (QED) is 0.317. The van der Waals surface area contributed by atoms with E-state index in [2.05, 4.69) is 55.3 Å². The second-order valence-electron chi connectivity index (χ2n) is 8.39. The van der Waals surface area contributed by atoms with Gasteiger partial charge in [0.25, 0.3) is 0 Å². The van der Waals surface area contributed by atoms with Gasteiger partial charge in [-0.05, 0) is 62.6 Å². The van der Waals surface area contributed by atoms with Crippen molar-refractivity contribution in [2.75, 3.05) is 41.5 Å². The van der Waals surface area contributed by atoms with Gasteiger partial charge in [0.1, 0.15) is 0 Å². The van der Waals surface area contributed by atoms with Crippen LogP contribution in [0.1, 0.15) is 38.3 Å². The van der Waals surface area contributed by atoms with E-state index in [-0.39, 0.29) is 0 Å². The maximum absolute atomic E-state index is 5.50. The van der Waals surface area contributed by atoms with Crippen LogP contribution in [-0.2, 0) is 13.1 Å². The molecule has 0 amide bonds. The Morgan fingerprint density at radius 3 is 1.94 bits per heavy atom. The zero-order valence-corrected chi connectivity index (χ0v) is 21.2. The molecule has 0 aliphatic carbocycles. The van der Waals surface area contributed by atoms with Gasteiger partial charge < -0.3 is 24.3 Å². The first-order chi connectivity index (χ1) is 15.9. The Kier molecular flexibility index (Phi) is 11.1. The van der Waals surface area contributed by atoms with Crippen molar-refractivity contribution in [2.24, 2.45) is 0 Å². The molecule has 2 aromatic carbocycles. The Morgan fingerprint density at radius 1 is 0.848 bits per heavy atom. The Labute approximate surface area is 199 Å². The van der Waals surface area contributed by atoms with Gasteiger partial charge in [0, 0.05) is 32.2 Å². The van der Waals surface area contributed by atoms with Crippen LogP contribution in [0.4, 0.5) is 0 Å². The highest BCUT2D eigenvalue weighted by Gasteiger charge is 2.15. The maximum atomic E-state index is 5.50. The van der Waals surface area contributed by atoms with E-state index in [1.165, 1.54) is 11.1 Å². The molecule has 33 heavy (non-hydrogen) atoms. The van der Waals surface area contributed by atoms with E-state index in [9.17, 15) is 0 Å². The van der Waals surface area contributed by atoms with E-state index >= 15 is 0 Å². The van der Waals surface area contributed by atoms with Crippen LogP contribution in [0.15, 0.2) is 48.0 Å². The number of ether oxygens (including phenoxy) is 4. The molecule has 182 valence electrons. The highest BCUT2D eigenvalue weighted by atomic mass is 16.5. The predicted octanol–water partition coefficient (Wildman–Crippen LogP) is 5.06. The fourth-order valence-corrected chi connectivity index (χ4v) is 3.67. The summed E-state index contributed by atoms with van der Waals surface area (Å²) in [5.74, 6) is 3.01. The SMILES string of the molecule is COc1ccc(CNCCN(Cc2ccc(OC)c(OC)c2)C(C)CC=C(C)C)cc1OC. The topological polar surface area (TPSA) is 52.2 Å². The normalized spacial score (nSPS) is 11.8. The molecule has 0 aliphatic rings. The van der Waals surface area contributed by atoms with Crippen molar-refractivity contribution in [3.05, 3.63) is 59.2 Å². The lowest BCUT2D eigenvalue weighted by Gasteiger charge is -2.29. The van der Waals surface area contributed by atoms with Crippen molar-refractivity contribution in [3.63, 3.8) is 0 Å². The second kappa shape index (κ2) is 13.8. The lowest BCUT2D eigenvalue weighted by atomic mass is 10.1. The molecule has 0 bridgehead atoms. The number of nitrogens with one attached hydrogen (secondary N) is 1. The molecule has 6 heteroatoms. The Bertz CT molecular complexity index is 894. The molecule has 0 radical (unpaired) electrons. The number of hydrogen-bond donors (Lipinski definition) is 1. The van der Waals surface area contributed by atoms with Crippen molar-refractivity contribution in [1.29, 1.82) is 0 Å². The molecule has 1 unspecified atom stereocenters. The summed E-state index contributed by atoms with van der Waals surface area (Å²) in [6.45, 7) is 10.0. The number of methoxy groups -OCH3 is 4. The number of rotatable bonds is 14. The van der Waals surface area contributed by atoms with E-state index in [1.807, 2.05) is 18.2 Å². The standard InChI is InChI=1S/C27H40N2O4/c1-20(2)8-9-21(3)29(19-23-11-13-25(31-5)27(17-23)33-7)15-14-28-18-22-10-12-24(30-4)26(16-22)32-6/h8,10-13,16-17,21,28H,9,14-15,18-19H2,1-7H3. The minimum atomic E-state index is 0.413. The minimum absolute atomic E-state index is 0.413. The summed E-state index contributed by atoms with van der Waals surface area (Å²) in [7, 11) is 6.65. The predicted molar refractivity (Wildman–Crippen MR) is 135 cm³/mol. The van der Waals surface area contributed by atoms with Crippen molar-refractivity contribution < 1.29 is 18.9 Å². The van der Waals surface area contributed by atoms with Crippen LogP contribution >= 0.6 is 0 Å². The summed E-state index contributed by atoms with van der Waals surface area (Å²) in [6.07, 6.45) is 3.33. The third-order valence-electron chi connectivity index (χ3n) is 5.68. The monoisotopic (exact) mass is 456 g/mol. The molecule has 0 spiro atoms. The molecular weight excluding hydrogens is 416 g/mol. The summed E-state index contributed by atoms with van der Waals surface area (Å²) >= 11 is 0. The van der Waals surface area contributed by atoms with Gasteiger partial charge in [-0.15, -0.1) is 0 Å². The molecule has 0 aromatic heterocycles. The average Bonchev–Trinajstić information content (AvgIpc) is 2.83. The van der Waals surface area contributed by atoms with E-state index in [4.69, 9.17) is 18.9 Å². The molecule has 0 aliphatic heterocycles. The summed E-state index contributed by atoms with van der Waals surface area (Å²) in [5.41, 5.74) is 3.72. The first kappa shape index (κ1) is 26.6. The van der Waals surface area contributed by atoms with Crippen LogP contribution in [0.5, 0.6) is 23.0 Å². The highest BCUT2D eigenvalue weighted by molar-refractivity contribution is 5.43. The average molecular weight is 457 g/mol. The summed E-state index contributed by atoms with van der Waals surface area (Å²) in [6, 6.07) is 12.6. The van der Waals surface area contributed by atoms with Gasteiger partial charge in [-0.1, -0.05) is 23.8 Å².